The van der Waals surface area contributed by atoms with Crippen LogP contribution in [0.25, 0.3) is 0 Å². The van der Waals surface area contributed by atoms with Gasteiger partial charge in [0.1, 0.15) is 0 Å². The molecule has 0 aliphatic carbocycles. The van der Waals surface area contributed by atoms with Crippen LogP contribution in [0.4, 0.5) is 0 Å². The Hall–Kier alpha value is 0.270. The van der Waals surface area contributed by atoms with E-state index >= 15 is 0 Å². The molecule has 0 saturated heterocycles. The van der Waals surface area contributed by atoms with E-state index in [9.17, 15) is 0 Å². The molecule has 0 fully saturated rings. The van der Waals surface area contributed by atoms with Gasteiger partial charge in [-0.15, -0.1) is 11.4 Å². The Labute approximate surface area is 37.3 Å². The van der Waals surface area contributed by atoms with Crippen LogP contribution in [-0.2, 0) is 0 Å². The lowest BCUT2D eigenvalue weighted by Gasteiger charge is -1.67. The highest BCUT2D eigenvalue weighted by Gasteiger charge is 1.64. The lowest BCUT2D eigenvalue weighted by atomic mass is 11.8. The van der Waals surface area contributed by atoms with Gasteiger partial charge >= 0.3 is 0 Å². The molecule has 0 aromatic carbocycles. The molecule has 0 N–H and O–H groups in total. The number of nitriles is 1. The van der Waals surface area contributed by atoms with Gasteiger partial charge in [-0.2, -0.15) is 5.26 Å². The SMILES string of the molecule is CSPC#N. The average Bonchev–Trinajstić information content (AvgIpc) is 1.41. The lowest BCUT2D eigenvalue weighted by molar-refractivity contribution is 1.57. The van der Waals surface area contributed by atoms with Crippen LogP contribution in [0, 0.1) is 11.1 Å². The minimum Gasteiger partial charge on any atom is -0.193 e. The molecule has 0 aliphatic rings. The maximum absolute atomic E-state index is 7.81. The second-order valence-corrected chi connectivity index (χ2v) is 3.09. The summed E-state index contributed by atoms with van der Waals surface area (Å²) in [6.45, 7) is 0. The predicted molar refractivity (Wildman–Crippen MR) is 27.4 cm³/mol. The van der Waals surface area contributed by atoms with Gasteiger partial charge < -0.3 is 0 Å². The first-order valence-corrected chi connectivity index (χ1v) is 4.04. The van der Waals surface area contributed by atoms with Crippen molar-refractivity contribution in [2.24, 2.45) is 0 Å². The third kappa shape index (κ3) is 4.27. The third-order valence-electron chi connectivity index (χ3n) is 0.148. The summed E-state index contributed by atoms with van der Waals surface area (Å²) in [6.07, 6.45) is 1.92. The van der Waals surface area contributed by atoms with Crippen LogP contribution in [-0.4, -0.2) is 6.26 Å². The van der Waals surface area contributed by atoms with Crippen LogP contribution in [0.5, 0.6) is 0 Å². The molecule has 28 valence electrons. The summed E-state index contributed by atoms with van der Waals surface area (Å²) in [7, 11) is 0.420. The maximum Gasteiger partial charge on any atom is 0.0951 e. The highest BCUT2D eigenvalue weighted by Crippen LogP contribution is 2.22. The molecule has 0 bridgehead atoms. The minimum absolute atomic E-state index is 0.420. The summed E-state index contributed by atoms with van der Waals surface area (Å²) in [5.74, 6) is 2.01. The summed E-state index contributed by atoms with van der Waals surface area (Å²) in [5, 5.41) is 7.81. The molecule has 3 heteroatoms. The van der Waals surface area contributed by atoms with Crippen molar-refractivity contribution >= 4 is 19.2 Å². The Kier molecular flexibility index (Phi) is 4.50. The van der Waals surface area contributed by atoms with Gasteiger partial charge in [0.05, 0.1) is 5.81 Å². The topological polar surface area (TPSA) is 23.8 Å². The van der Waals surface area contributed by atoms with Gasteiger partial charge in [0.15, 0.2) is 0 Å². The lowest BCUT2D eigenvalue weighted by Crippen LogP contribution is -1.24. The standard InChI is InChI=1S/C2H4NPS/c1-5-4-2-3/h4H,1H3. The Morgan fingerprint density at radius 3 is 2.60 bits per heavy atom. The number of hydrogen-bond donors (Lipinski definition) is 0. The van der Waals surface area contributed by atoms with Crippen LogP contribution in [0.15, 0.2) is 0 Å². The largest absolute Gasteiger partial charge is 0.193 e. The number of hydrogen-bond acceptors (Lipinski definition) is 2. The molecule has 0 saturated carbocycles. The Morgan fingerprint density at radius 1 is 2.00 bits per heavy atom. The van der Waals surface area contributed by atoms with Gasteiger partial charge in [0.2, 0.25) is 0 Å². The minimum atomic E-state index is 0.420. The summed E-state index contributed by atoms with van der Waals surface area (Å²) in [4.78, 5) is 0. The van der Waals surface area contributed by atoms with E-state index in [0.29, 0.717) is 7.78 Å². The third-order valence-corrected chi connectivity index (χ3v) is 1.33. The highest BCUT2D eigenvalue weighted by molar-refractivity contribution is 8.50. The van der Waals surface area contributed by atoms with E-state index in [4.69, 9.17) is 5.26 Å². The molecule has 0 aromatic heterocycles. The van der Waals surface area contributed by atoms with Gasteiger partial charge in [0, 0.05) is 7.78 Å². The van der Waals surface area contributed by atoms with E-state index in [-0.39, 0.29) is 0 Å². The molecule has 0 heterocycles. The number of nitrogens with zero attached hydrogens (tertiary/aromatic N) is 1. The van der Waals surface area contributed by atoms with Crippen molar-refractivity contribution in [3.63, 3.8) is 0 Å². The number of rotatable bonds is 1. The Bertz CT molecular complexity index is 48.1. The highest BCUT2D eigenvalue weighted by atomic mass is 32.7. The maximum atomic E-state index is 7.81. The normalized spacial score (nSPS) is 8.80. The van der Waals surface area contributed by atoms with Crippen molar-refractivity contribution in [1.29, 1.82) is 5.26 Å². The summed E-state index contributed by atoms with van der Waals surface area (Å²) >= 11 is 1.57. The zero-order chi connectivity index (χ0) is 4.12. The zero-order valence-electron chi connectivity index (χ0n) is 2.86. The van der Waals surface area contributed by atoms with Crippen LogP contribution in [0.3, 0.4) is 0 Å². The monoisotopic (exact) mass is 105 g/mol. The van der Waals surface area contributed by atoms with Gasteiger partial charge in [-0.05, 0) is 6.26 Å². The quantitative estimate of drug-likeness (QED) is 0.471. The van der Waals surface area contributed by atoms with Crippen molar-refractivity contribution in [3.05, 3.63) is 0 Å². The van der Waals surface area contributed by atoms with Gasteiger partial charge in [-0.1, -0.05) is 0 Å². The molecule has 0 aliphatic heterocycles. The molecule has 1 nitrogen and oxygen atoms in total. The average molecular weight is 105 g/mol. The molecule has 0 radical (unpaired) electrons. The van der Waals surface area contributed by atoms with E-state index < -0.39 is 0 Å². The molecule has 5 heavy (non-hydrogen) atoms. The summed E-state index contributed by atoms with van der Waals surface area (Å²) in [5.41, 5.74) is 0. The first-order valence-electron chi connectivity index (χ1n) is 1.09. The molecule has 0 aromatic rings. The van der Waals surface area contributed by atoms with E-state index in [1.807, 2.05) is 12.1 Å². The fraction of sp³-hybridized carbons (Fsp3) is 0.500. The van der Waals surface area contributed by atoms with E-state index in [0.717, 1.165) is 0 Å². The van der Waals surface area contributed by atoms with Crippen LogP contribution < -0.4 is 0 Å². The molecular formula is C2H4NPS. The Morgan fingerprint density at radius 2 is 2.60 bits per heavy atom. The molecule has 1 atom stereocenters. The van der Waals surface area contributed by atoms with Crippen molar-refractivity contribution in [1.82, 2.24) is 0 Å². The van der Waals surface area contributed by atoms with Crippen molar-refractivity contribution in [2.75, 3.05) is 6.26 Å². The first-order chi connectivity index (χ1) is 2.41. The van der Waals surface area contributed by atoms with Crippen LogP contribution in [0.1, 0.15) is 0 Å². The van der Waals surface area contributed by atoms with E-state index in [2.05, 4.69) is 0 Å². The second-order valence-electron chi connectivity index (χ2n) is 0.418. The predicted octanol–water partition coefficient (Wildman–Crippen LogP) is 1.42. The first kappa shape index (κ1) is 5.27. The molecule has 0 rings (SSSR count). The molecule has 1 unspecified atom stereocenters. The molecule has 0 amide bonds. The van der Waals surface area contributed by atoms with Crippen LogP contribution in [0.2, 0.25) is 0 Å². The fourth-order valence-corrected chi connectivity index (χ4v) is 0.411. The van der Waals surface area contributed by atoms with E-state index in [1.54, 1.807) is 11.4 Å². The van der Waals surface area contributed by atoms with E-state index in [1.165, 1.54) is 0 Å². The van der Waals surface area contributed by atoms with Crippen LogP contribution >= 0.6 is 19.2 Å². The van der Waals surface area contributed by atoms with Gasteiger partial charge in [-0.3, -0.25) is 0 Å². The fourth-order valence-electron chi connectivity index (χ4n) is 0.0456. The van der Waals surface area contributed by atoms with Gasteiger partial charge in [0.25, 0.3) is 0 Å². The second kappa shape index (κ2) is 4.27. The molecular weight excluding hydrogens is 101 g/mol. The smallest absolute Gasteiger partial charge is 0.0951 e. The zero-order valence-corrected chi connectivity index (χ0v) is 4.67. The van der Waals surface area contributed by atoms with Crippen molar-refractivity contribution in [3.8, 4) is 5.81 Å². The molecule has 0 spiro atoms. The Balaban J connectivity index is 2.48. The van der Waals surface area contributed by atoms with Crippen molar-refractivity contribution < 1.29 is 0 Å². The summed E-state index contributed by atoms with van der Waals surface area (Å²) in [6, 6.07) is 0. The van der Waals surface area contributed by atoms with Crippen molar-refractivity contribution in [2.45, 2.75) is 0 Å². The summed E-state index contributed by atoms with van der Waals surface area (Å²) < 4.78 is 0. The van der Waals surface area contributed by atoms with Gasteiger partial charge in [-0.25, -0.2) is 0 Å².